The van der Waals surface area contributed by atoms with Crippen LogP contribution < -0.4 is 5.46 Å². The van der Waals surface area contributed by atoms with Crippen molar-refractivity contribution in [1.29, 1.82) is 0 Å². The minimum Gasteiger partial charge on any atom is -0.456 e. The molecule has 8 nitrogen and oxygen atoms in total. The Bertz CT molecular complexity index is 3860. The smallest absolute Gasteiger partial charge is 0.456 e. The van der Waals surface area contributed by atoms with E-state index in [1.807, 2.05) is 109 Å². The molecule has 322 valence electrons. The van der Waals surface area contributed by atoms with Gasteiger partial charge in [-0.25, -0.2) is 19.9 Å². The molecule has 0 unspecified atom stereocenters. The first-order valence-corrected chi connectivity index (χ1v) is 22.6. The molecule has 13 rings (SSSR count). The third-order valence-corrected chi connectivity index (χ3v) is 13.3. The van der Waals surface area contributed by atoms with E-state index in [-0.39, 0.29) is 28.9 Å². The lowest BCUT2D eigenvalue weighted by Gasteiger charge is -2.32. The molecule has 0 radical (unpaired) electrons. The van der Waals surface area contributed by atoms with Gasteiger partial charge in [-0.3, -0.25) is 0 Å². The molecule has 1 saturated heterocycles. The molecule has 4 aromatic heterocycles. The van der Waals surface area contributed by atoms with E-state index in [2.05, 4.69) is 96.2 Å². The number of rotatable bonds is 2. The summed E-state index contributed by atoms with van der Waals surface area (Å²) in [7, 11) is -0.344. The van der Waals surface area contributed by atoms with E-state index in [4.69, 9.17) is 52.9 Å². The van der Waals surface area contributed by atoms with Crippen molar-refractivity contribution in [1.82, 2.24) is 19.9 Å². The van der Waals surface area contributed by atoms with Crippen LogP contribution in [0.25, 0.3) is 98.4 Å². The van der Waals surface area contributed by atoms with Gasteiger partial charge >= 0.3 is 7.12 Å². The average molecular weight is 924 g/mol. The summed E-state index contributed by atoms with van der Waals surface area (Å²) >= 11 is 18.0. The van der Waals surface area contributed by atoms with Crippen molar-refractivity contribution >= 4 is 135 Å². The molecule has 8 aromatic carbocycles. The first-order chi connectivity index (χ1) is 31.9. The largest absolute Gasteiger partial charge is 0.494 e. The van der Waals surface area contributed by atoms with Crippen molar-refractivity contribution < 1.29 is 18.1 Å². The van der Waals surface area contributed by atoms with E-state index in [0.717, 1.165) is 104 Å². The van der Waals surface area contributed by atoms with Crippen molar-refractivity contribution in [3.05, 3.63) is 174 Å². The number of nitrogens with zero attached hydrogens (tertiary/aromatic N) is 4. The van der Waals surface area contributed by atoms with Gasteiger partial charge in [0.25, 0.3) is 0 Å². The topological polar surface area (TPSA) is 96.3 Å². The monoisotopic (exact) mass is 922 g/mol. The minimum absolute atomic E-state index is 0.175. The number of furan rings is 2. The fourth-order valence-electron chi connectivity index (χ4n) is 8.64. The third kappa shape index (κ3) is 7.47. The van der Waals surface area contributed by atoms with Gasteiger partial charge in [-0.05, 0) is 121 Å². The lowest BCUT2D eigenvalue weighted by atomic mass is 9.78. The number of fused-ring (bicyclic) bond motifs is 12. The van der Waals surface area contributed by atoms with Crippen LogP contribution in [0.2, 0.25) is 15.7 Å². The minimum atomic E-state index is -0.344. The molecule has 0 atom stereocenters. The molecule has 0 spiro atoms. The predicted molar refractivity (Wildman–Crippen MR) is 271 cm³/mol. The highest BCUT2D eigenvalue weighted by atomic mass is 35.5. The second kappa shape index (κ2) is 16.4. The number of halogens is 3. The Morgan fingerprint density at radius 3 is 1.65 bits per heavy atom. The molecule has 12 heteroatoms. The van der Waals surface area contributed by atoms with Crippen LogP contribution >= 0.6 is 34.8 Å². The highest BCUT2D eigenvalue weighted by Gasteiger charge is 2.51. The molecular formula is C54H38BCl3N4O4. The molecule has 1 aliphatic heterocycles. The molecule has 0 N–H and O–H groups in total. The molecule has 0 aliphatic carbocycles. The maximum Gasteiger partial charge on any atom is 0.494 e. The van der Waals surface area contributed by atoms with Crippen LogP contribution in [0.3, 0.4) is 0 Å². The number of hydrogen-bond donors (Lipinski definition) is 0. The number of benzene rings is 8. The van der Waals surface area contributed by atoms with Gasteiger partial charge in [-0.2, -0.15) is 0 Å². The first-order valence-electron chi connectivity index (χ1n) is 21.4. The zero-order valence-corrected chi connectivity index (χ0v) is 38.4. The maximum atomic E-state index is 6.13. The Hall–Kier alpha value is -6.59. The molecule has 66 heavy (non-hydrogen) atoms. The summed E-state index contributed by atoms with van der Waals surface area (Å²) in [4.78, 5) is 16.9. The van der Waals surface area contributed by atoms with Gasteiger partial charge in [0.05, 0.1) is 22.2 Å². The second-order valence-electron chi connectivity index (χ2n) is 17.3. The molecule has 5 heterocycles. The standard InChI is InChI=1S/C24H13ClN2O.C18H19BO3.C12H6Cl2N2/c25-24-26-13-20-18(11-14-5-1-2-6-16(14)23(20)27-24)15-9-10-22-19(12-15)17-7-3-4-8-21(17)28-22;1-17(2)18(3,4)22-19(21-17)12-9-10-16-14(11-12)13-7-5-6-8-15(13)20-16;13-11-9-6-5-7-3-1-2-4-8(7)10(9)15-12(14)16-11/h1-13H;5-11H,1-4H3;1-6H. The van der Waals surface area contributed by atoms with E-state index >= 15 is 0 Å². The Balaban J connectivity index is 0.000000114. The molecule has 0 amide bonds. The molecule has 1 fully saturated rings. The summed E-state index contributed by atoms with van der Waals surface area (Å²) in [6.07, 6.45) is 1.81. The van der Waals surface area contributed by atoms with Crippen molar-refractivity contribution in [2.75, 3.05) is 0 Å². The van der Waals surface area contributed by atoms with Gasteiger partial charge in [0.15, 0.2) is 0 Å². The van der Waals surface area contributed by atoms with E-state index in [1.54, 1.807) is 0 Å². The first kappa shape index (κ1) is 42.1. The normalized spacial score (nSPS) is 14.4. The van der Waals surface area contributed by atoms with Gasteiger partial charge in [-0.1, -0.05) is 121 Å². The number of hydrogen-bond acceptors (Lipinski definition) is 8. The van der Waals surface area contributed by atoms with Crippen LogP contribution in [0.15, 0.2) is 167 Å². The SMILES string of the molecule is CC1(C)OB(c2ccc3oc4ccccc4c3c2)OC1(C)C.Clc1nc(Cl)c2ccc3ccccc3c2n1.Clc1ncc2c(-c3ccc4oc5ccccc5c4c3)cc3ccccc3c2n1. The highest BCUT2D eigenvalue weighted by Crippen LogP contribution is 2.39. The summed E-state index contributed by atoms with van der Waals surface area (Å²) in [5.41, 5.74) is 7.78. The van der Waals surface area contributed by atoms with E-state index in [1.165, 1.54) is 0 Å². The van der Waals surface area contributed by atoms with Crippen LogP contribution in [0.5, 0.6) is 0 Å². The average Bonchev–Trinajstić information content (AvgIpc) is 3.96. The Kier molecular flexibility index (Phi) is 10.4. The summed E-state index contributed by atoms with van der Waals surface area (Å²) < 4.78 is 24.1. The summed E-state index contributed by atoms with van der Waals surface area (Å²) in [5, 5.41) is 11.4. The Morgan fingerprint density at radius 1 is 0.439 bits per heavy atom. The van der Waals surface area contributed by atoms with Crippen molar-refractivity contribution in [2.45, 2.75) is 38.9 Å². The van der Waals surface area contributed by atoms with Crippen LogP contribution in [0, 0.1) is 0 Å². The van der Waals surface area contributed by atoms with Crippen molar-refractivity contribution in [3.63, 3.8) is 0 Å². The fraction of sp³-hybridized carbons (Fsp3) is 0.111. The van der Waals surface area contributed by atoms with E-state index in [0.29, 0.717) is 5.15 Å². The van der Waals surface area contributed by atoms with E-state index < -0.39 is 0 Å². The summed E-state index contributed by atoms with van der Waals surface area (Å²) in [5.74, 6) is 0. The maximum absolute atomic E-state index is 6.13. The summed E-state index contributed by atoms with van der Waals surface area (Å²) in [6, 6.07) is 50.9. The van der Waals surface area contributed by atoms with Crippen LogP contribution in [0.1, 0.15) is 27.7 Å². The lowest BCUT2D eigenvalue weighted by Crippen LogP contribution is -2.41. The van der Waals surface area contributed by atoms with Gasteiger partial charge in [0.1, 0.15) is 27.5 Å². The quantitative estimate of drug-likeness (QED) is 0.0732. The zero-order chi connectivity index (χ0) is 45.3. The zero-order valence-electron chi connectivity index (χ0n) is 36.1. The molecule has 1 aliphatic rings. The Labute approximate surface area is 394 Å². The lowest BCUT2D eigenvalue weighted by molar-refractivity contribution is 0.00578. The van der Waals surface area contributed by atoms with Gasteiger partial charge in [0.2, 0.25) is 10.6 Å². The molecular weight excluding hydrogens is 886 g/mol. The van der Waals surface area contributed by atoms with Crippen molar-refractivity contribution in [3.8, 4) is 11.1 Å². The molecule has 0 bridgehead atoms. The highest BCUT2D eigenvalue weighted by molar-refractivity contribution is 6.62. The predicted octanol–water partition coefficient (Wildman–Crippen LogP) is 15.0. The number of aromatic nitrogens is 4. The van der Waals surface area contributed by atoms with Crippen LogP contribution in [-0.4, -0.2) is 38.3 Å². The summed E-state index contributed by atoms with van der Waals surface area (Å²) in [6.45, 7) is 8.27. The van der Waals surface area contributed by atoms with Crippen LogP contribution in [0.4, 0.5) is 0 Å². The van der Waals surface area contributed by atoms with E-state index in [9.17, 15) is 0 Å². The van der Waals surface area contributed by atoms with Gasteiger partial charge in [0, 0.05) is 49.3 Å². The third-order valence-electron chi connectivity index (χ3n) is 12.7. The molecule has 0 saturated carbocycles. The Morgan fingerprint density at radius 2 is 0.970 bits per heavy atom. The van der Waals surface area contributed by atoms with Gasteiger partial charge in [-0.15, -0.1) is 0 Å². The fourth-order valence-corrected chi connectivity index (χ4v) is 9.22. The second-order valence-corrected chi connectivity index (χ2v) is 18.3. The van der Waals surface area contributed by atoms with Gasteiger partial charge < -0.3 is 18.1 Å². The molecule has 12 aromatic rings. The number of para-hydroxylation sites is 2. The van der Waals surface area contributed by atoms with Crippen LogP contribution in [-0.2, 0) is 9.31 Å². The van der Waals surface area contributed by atoms with Crippen molar-refractivity contribution in [2.24, 2.45) is 0 Å².